The van der Waals surface area contributed by atoms with Crippen molar-refractivity contribution in [2.24, 2.45) is 0 Å². The van der Waals surface area contributed by atoms with Crippen molar-refractivity contribution in [2.75, 3.05) is 0 Å². The molecular weight excluding hydrogens is 129 g/mol. The first kappa shape index (κ1) is 15.7. The van der Waals surface area contributed by atoms with E-state index in [9.17, 15) is 0 Å². The molecule has 0 saturated carbocycles. The van der Waals surface area contributed by atoms with E-state index in [1.54, 1.807) is 0 Å². The van der Waals surface area contributed by atoms with Crippen LogP contribution >= 0.6 is 0 Å². The van der Waals surface area contributed by atoms with Crippen LogP contribution in [0.1, 0.15) is 1.43 Å². The van der Waals surface area contributed by atoms with Gasteiger partial charge >= 0.3 is 26.2 Å². The summed E-state index contributed by atoms with van der Waals surface area (Å²) in [6.07, 6.45) is 0. The van der Waals surface area contributed by atoms with Gasteiger partial charge in [0.2, 0.25) is 0 Å². The SMILES string of the molecule is OB(O)O.[Cu].[H-].[Li+]. The van der Waals surface area contributed by atoms with Crippen molar-refractivity contribution >= 4 is 7.32 Å². The van der Waals surface area contributed by atoms with Gasteiger partial charge in [-0.2, -0.15) is 0 Å². The van der Waals surface area contributed by atoms with Crippen LogP contribution in [0.4, 0.5) is 0 Å². The van der Waals surface area contributed by atoms with Gasteiger partial charge in [-0.3, -0.25) is 0 Å². The predicted octanol–water partition coefficient (Wildman–Crippen LogP) is -4.94. The maximum atomic E-state index is 7.17. The summed E-state index contributed by atoms with van der Waals surface area (Å²) in [6.45, 7) is 0. The van der Waals surface area contributed by atoms with Crippen LogP contribution in [0.2, 0.25) is 0 Å². The third kappa shape index (κ3) is 74.1. The van der Waals surface area contributed by atoms with Gasteiger partial charge < -0.3 is 16.5 Å². The van der Waals surface area contributed by atoms with Gasteiger partial charge in [0.05, 0.1) is 0 Å². The van der Waals surface area contributed by atoms with Gasteiger partial charge in [-0.1, -0.05) is 0 Å². The third-order valence-electron chi connectivity index (χ3n) is 0. The van der Waals surface area contributed by atoms with Crippen LogP contribution in [0.3, 0.4) is 0 Å². The molecule has 3 nitrogen and oxygen atoms in total. The molecule has 1 radical (unpaired) electrons. The molecule has 0 aromatic rings. The van der Waals surface area contributed by atoms with Crippen molar-refractivity contribution in [3.05, 3.63) is 0 Å². The molecule has 0 aromatic carbocycles. The molecule has 6 heteroatoms. The molecule has 3 N–H and O–H groups in total. The van der Waals surface area contributed by atoms with Gasteiger partial charge in [-0.15, -0.1) is 0 Å². The van der Waals surface area contributed by atoms with Crippen molar-refractivity contribution in [3.8, 4) is 0 Å². The Balaban J connectivity index is -0.0000000150. The summed E-state index contributed by atoms with van der Waals surface area (Å²) in [4.78, 5) is 0. The minimum absolute atomic E-state index is 0. The average Bonchev–Trinajstić information content (AvgIpc) is 0.811. The van der Waals surface area contributed by atoms with Crippen LogP contribution in [0.15, 0.2) is 0 Å². The van der Waals surface area contributed by atoms with Gasteiger partial charge in [-0.25, -0.2) is 0 Å². The minimum atomic E-state index is -2.17. The summed E-state index contributed by atoms with van der Waals surface area (Å²) < 4.78 is 0. The molecule has 0 atom stereocenters. The van der Waals surface area contributed by atoms with Crippen molar-refractivity contribution in [3.63, 3.8) is 0 Å². The van der Waals surface area contributed by atoms with Gasteiger partial charge in [0.25, 0.3) is 0 Å². The van der Waals surface area contributed by atoms with Gasteiger partial charge in [0.15, 0.2) is 0 Å². The van der Waals surface area contributed by atoms with Crippen molar-refractivity contribution in [1.82, 2.24) is 0 Å². The standard InChI is InChI=1S/BH3O3.Cu.Li.H/c2-1(3)4;;;/h2-4H;;;/q;;+1;-1. The second-order valence-electron chi connectivity index (χ2n) is 0.346. The molecule has 37 valence electrons. The molecule has 0 saturated heterocycles. The zero-order valence-corrected chi connectivity index (χ0v) is 4.16. The van der Waals surface area contributed by atoms with E-state index in [1.807, 2.05) is 0 Å². The van der Waals surface area contributed by atoms with Gasteiger partial charge in [-0.05, 0) is 0 Å². The van der Waals surface area contributed by atoms with E-state index in [0.717, 1.165) is 0 Å². The Bertz CT molecular complexity index is 19.7. The molecule has 0 fully saturated rings. The molecule has 0 aliphatic rings. The summed E-state index contributed by atoms with van der Waals surface area (Å²) in [5, 5.41) is 21.5. The van der Waals surface area contributed by atoms with Crippen LogP contribution in [-0.2, 0) is 17.1 Å². The Labute approximate surface area is 60.1 Å². The zero-order valence-electron chi connectivity index (χ0n) is 4.22. The van der Waals surface area contributed by atoms with E-state index < -0.39 is 7.32 Å². The van der Waals surface area contributed by atoms with Gasteiger partial charge in [0, 0.05) is 17.1 Å². The van der Waals surface area contributed by atoms with Crippen LogP contribution in [0, 0.1) is 0 Å². The van der Waals surface area contributed by atoms with E-state index >= 15 is 0 Å². The Morgan fingerprint density at radius 3 is 1.17 bits per heavy atom. The molecule has 0 spiro atoms. The molecule has 0 aliphatic heterocycles. The Morgan fingerprint density at radius 2 is 1.17 bits per heavy atom. The smallest absolute Gasteiger partial charge is 1.00 e. The fraction of sp³-hybridized carbons (Fsp3) is 0. The van der Waals surface area contributed by atoms with E-state index in [4.69, 9.17) is 15.1 Å². The maximum Gasteiger partial charge on any atom is 1.00 e. The topological polar surface area (TPSA) is 60.7 Å². The Morgan fingerprint density at radius 1 is 1.17 bits per heavy atom. The fourth-order valence-electron chi connectivity index (χ4n) is 0. The fourth-order valence-corrected chi connectivity index (χ4v) is 0. The summed E-state index contributed by atoms with van der Waals surface area (Å²) in [5.74, 6) is 0. The molecule has 0 rings (SSSR count). The molecular formula is H4BCuLiO3. The number of hydrogen-bond acceptors (Lipinski definition) is 3. The Kier molecular flexibility index (Phi) is 24.7. The van der Waals surface area contributed by atoms with E-state index in [0.29, 0.717) is 0 Å². The Hall–Kier alpha value is 1.06. The first-order valence-electron chi connectivity index (χ1n) is 0.775. The largest absolute Gasteiger partial charge is 1.00 e. The van der Waals surface area contributed by atoms with Crippen LogP contribution < -0.4 is 18.9 Å². The van der Waals surface area contributed by atoms with Crippen molar-refractivity contribution in [1.29, 1.82) is 0 Å². The summed E-state index contributed by atoms with van der Waals surface area (Å²) >= 11 is 0. The molecule has 0 heterocycles. The van der Waals surface area contributed by atoms with E-state index in [-0.39, 0.29) is 37.4 Å². The number of hydrogen-bond donors (Lipinski definition) is 3. The van der Waals surface area contributed by atoms with Crippen LogP contribution in [-0.4, -0.2) is 22.4 Å². The first-order chi connectivity index (χ1) is 1.73. The molecule has 0 aliphatic carbocycles. The second kappa shape index (κ2) is 9.41. The molecule has 6 heavy (non-hydrogen) atoms. The van der Waals surface area contributed by atoms with E-state index in [1.165, 1.54) is 0 Å². The number of rotatable bonds is 0. The first-order valence-corrected chi connectivity index (χ1v) is 0.775. The summed E-state index contributed by atoms with van der Waals surface area (Å²) in [5.41, 5.74) is 0. The predicted molar refractivity (Wildman–Crippen MR) is 13.5 cm³/mol. The van der Waals surface area contributed by atoms with Crippen LogP contribution in [0.25, 0.3) is 0 Å². The zero-order chi connectivity index (χ0) is 3.58. The quantitative estimate of drug-likeness (QED) is 0.290. The molecule has 0 unspecified atom stereocenters. The summed E-state index contributed by atoms with van der Waals surface area (Å²) in [7, 11) is -2.17. The monoisotopic (exact) mass is 133 g/mol. The summed E-state index contributed by atoms with van der Waals surface area (Å²) in [6, 6.07) is 0. The second-order valence-corrected chi connectivity index (χ2v) is 0.346. The van der Waals surface area contributed by atoms with Gasteiger partial charge in [0.1, 0.15) is 0 Å². The normalized spacial score (nSPS) is 4.50. The minimum Gasteiger partial charge on any atom is -1.00 e. The van der Waals surface area contributed by atoms with Crippen LogP contribution in [0.5, 0.6) is 0 Å². The molecule has 0 aromatic heterocycles. The third-order valence-corrected chi connectivity index (χ3v) is 0. The average molecular weight is 133 g/mol. The van der Waals surface area contributed by atoms with E-state index in [2.05, 4.69) is 0 Å². The molecule has 0 amide bonds. The van der Waals surface area contributed by atoms with Crippen molar-refractivity contribution < 1.29 is 52.4 Å². The maximum absolute atomic E-state index is 7.17. The van der Waals surface area contributed by atoms with Crippen molar-refractivity contribution in [2.45, 2.75) is 0 Å². The molecule has 0 bridgehead atoms.